The summed E-state index contributed by atoms with van der Waals surface area (Å²) in [5.74, 6) is -0.171. The van der Waals surface area contributed by atoms with E-state index in [1.807, 2.05) is 0 Å². The molecule has 4 rings (SSSR count). The van der Waals surface area contributed by atoms with Crippen LogP contribution in [0.3, 0.4) is 0 Å². The monoisotopic (exact) mass is 491 g/mol. The first-order valence-electron chi connectivity index (χ1n) is 9.45. The fourth-order valence-corrected chi connectivity index (χ4v) is 3.91. The molecule has 1 aromatic heterocycles. The van der Waals surface area contributed by atoms with Gasteiger partial charge in [0.2, 0.25) is 0 Å². The molecule has 0 fully saturated rings. The number of para-hydroxylation sites is 1. The highest BCUT2D eigenvalue weighted by molar-refractivity contribution is 6.36. The van der Waals surface area contributed by atoms with E-state index in [0.717, 1.165) is 17.7 Å². The highest BCUT2D eigenvalue weighted by atomic mass is 35.5. The summed E-state index contributed by atoms with van der Waals surface area (Å²) in [6.45, 7) is 1.79. The van der Waals surface area contributed by atoms with Crippen LogP contribution < -0.4 is 0 Å². The average molecular weight is 492 g/mol. The zero-order valence-corrected chi connectivity index (χ0v) is 18.3. The van der Waals surface area contributed by atoms with Crippen LogP contribution in [0.1, 0.15) is 11.1 Å². The van der Waals surface area contributed by atoms with Gasteiger partial charge >= 0.3 is 6.18 Å². The molecule has 4 aromatic rings. The Morgan fingerprint density at radius 1 is 0.727 bits per heavy atom. The topological polar surface area (TPSA) is 79.1 Å². The molecule has 10 heteroatoms. The molecule has 0 unspecified atom stereocenters. The van der Waals surface area contributed by atoms with Gasteiger partial charge in [-0.05, 0) is 48.9 Å². The number of hydrogen-bond acceptors (Lipinski definition) is 5. The number of phenols is 2. The van der Waals surface area contributed by atoms with Crippen molar-refractivity contribution in [3.05, 3.63) is 75.8 Å². The normalized spacial score (nSPS) is 11.6. The van der Waals surface area contributed by atoms with E-state index >= 15 is 0 Å². The molecule has 33 heavy (non-hydrogen) atoms. The molecular formula is C23H14Cl2F3N3O2. The Kier molecular flexibility index (Phi) is 5.90. The maximum absolute atomic E-state index is 13.3. The fraction of sp³-hybridized carbons (Fsp3) is 0.0870. The lowest BCUT2D eigenvalue weighted by molar-refractivity contribution is -0.137. The van der Waals surface area contributed by atoms with Crippen LogP contribution in [-0.4, -0.2) is 25.2 Å². The number of aryl methyl sites for hydroxylation is 1. The lowest BCUT2D eigenvalue weighted by Gasteiger charge is -2.14. The number of halogens is 5. The first kappa shape index (κ1) is 22.8. The Morgan fingerprint density at radius 2 is 1.27 bits per heavy atom. The van der Waals surface area contributed by atoms with Crippen molar-refractivity contribution in [1.29, 1.82) is 0 Å². The van der Waals surface area contributed by atoms with Gasteiger partial charge < -0.3 is 10.2 Å². The van der Waals surface area contributed by atoms with Crippen molar-refractivity contribution >= 4 is 23.2 Å². The SMILES string of the molecule is Cc1ccc(-c2nc(-c3cc(Cl)c(C(F)(F)F)c(Cl)c3)nc(-c3ccccc3O)n2)c(O)c1. The van der Waals surface area contributed by atoms with Gasteiger partial charge in [-0.3, -0.25) is 0 Å². The predicted molar refractivity (Wildman–Crippen MR) is 119 cm³/mol. The smallest absolute Gasteiger partial charge is 0.419 e. The highest BCUT2D eigenvalue weighted by Crippen LogP contribution is 2.42. The van der Waals surface area contributed by atoms with Crippen LogP contribution in [0.25, 0.3) is 34.2 Å². The van der Waals surface area contributed by atoms with E-state index in [2.05, 4.69) is 15.0 Å². The third kappa shape index (κ3) is 4.58. The second-order valence-corrected chi connectivity index (χ2v) is 7.97. The van der Waals surface area contributed by atoms with Crippen LogP contribution >= 0.6 is 23.2 Å². The molecule has 0 aliphatic carbocycles. The van der Waals surface area contributed by atoms with Crippen molar-refractivity contribution in [2.45, 2.75) is 13.1 Å². The predicted octanol–water partition coefficient (Wildman–Crippen LogP) is 6.92. The third-order valence-electron chi connectivity index (χ3n) is 4.76. The molecule has 0 bridgehead atoms. The molecule has 0 amide bonds. The minimum absolute atomic E-state index is 0.0419. The van der Waals surface area contributed by atoms with E-state index in [4.69, 9.17) is 23.2 Å². The van der Waals surface area contributed by atoms with E-state index in [9.17, 15) is 23.4 Å². The second kappa shape index (κ2) is 8.53. The van der Waals surface area contributed by atoms with Gasteiger partial charge in [-0.2, -0.15) is 13.2 Å². The lowest BCUT2D eigenvalue weighted by atomic mass is 10.1. The van der Waals surface area contributed by atoms with Gasteiger partial charge in [-0.25, -0.2) is 15.0 Å². The van der Waals surface area contributed by atoms with Crippen molar-refractivity contribution in [2.75, 3.05) is 0 Å². The summed E-state index contributed by atoms with van der Waals surface area (Å²) in [5, 5.41) is 19.5. The van der Waals surface area contributed by atoms with E-state index < -0.39 is 21.8 Å². The highest BCUT2D eigenvalue weighted by Gasteiger charge is 2.36. The summed E-state index contributed by atoms with van der Waals surface area (Å²) in [4.78, 5) is 13.0. The van der Waals surface area contributed by atoms with Crippen LogP contribution in [0.4, 0.5) is 13.2 Å². The minimum atomic E-state index is -4.74. The summed E-state index contributed by atoms with van der Waals surface area (Å²) in [5.41, 5.74) is 0.266. The molecule has 0 atom stereocenters. The maximum Gasteiger partial charge on any atom is 0.419 e. The number of aromatic nitrogens is 3. The van der Waals surface area contributed by atoms with Gasteiger partial charge in [0.05, 0.1) is 26.7 Å². The first-order valence-corrected chi connectivity index (χ1v) is 10.2. The van der Waals surface area contributed by atoms with Crippen LogP contribution in [-0.2, 0) is 6.18 Å². The molecule has 2 N–H and O–H groups in total. The van der Waals surface area contributed by atoms with Crippen LogP contribution in [0.5, 0.6) is 11.5 Å². The van der Waals surface area contributed by atoms with E-state index in [1.54, 1.807) is 37.3 Å². The van der Waals surface area contributed by atoms with Gasteiger partial charge in [0.15, 0.2) is 17.5 Å². The minimum Gasteiger partial charge on any atom is -0.507 e. The number of aromatic hydroxyl groups is 2. The molecule has 0 saturated carbocycles. The number of phenolic OH excluding ortho intramolecular Hbond substituents is 2. The number of benzene rings is 3. The largest absolute Gasteiger partial charge is 0.507 e. The Balaban J connectivity index is 1.97. The standard InChI is InChI=1S/C23H14Cl2F3N3O2/c1-11-6-7-14(18(33)8-11)22-30-20(29-21(31-22)13-4-2-3-5-17(13)32)12-9-15(24)19(16(25)10-12)23(26,27)28/h2-10,32-33H,1H3. The summed E-state index contributed by atoms with van der Waals surface area (Å²) < 4.78 is 39.8. The number of rotatable bonds is 3. The lowest BCUT2D eigenvalue weighted by Crippen LogP contribution is -2.07. The molecule has 0 spiro atoms. The summed E-state index contributed by atoms with van der Waals surface area (Å²) in [6.07, 6.45) is -4.74. The van der Waals surface area contributed by atoms with Crippen LogP contribution in [0.2, 0.25) is 10.0 Å². The molecule has 0 aliphatic rings. The average Bonchev–Trinajstić information content (AvgIpc) is 2.72. The van der Waals surface area contributed by atoms with E-state index in [1.165, 1.54) is 12.1 Å². The zero-order chi connectivity index (χ0) is 23.9. The summed E-state index contributed by atoms with van der Waals surface area (Å²) in [6, 6.07) is 13.3. The second-order valence-electron chi connectivity index (χ2n) is 7.16. The number of hydrogen-bond donors (Lipinski definition) is 2. The molecule has 0 radical (unpaired) electrons. The molecule has 1 heterocycles. The van der Waals surface area contributed by atoms with E-state index in [0.29, 0.717) is 0 Å². The summed E-state index contributed by atoms with van der Waals surface area (Å²) in [7, 11) is 0. The van der Waals surface area contributed by atoms with Gasteiger partial charge in [-0.1, -0.05) is 41.4 Å². The molecule has 3 aromatic carbocycles. The van der Waals surface area contributed by atoms with Gasteiger partial charge in [0, 0.05) is 5.56 Å². The maximum atomic E-state index is 13.3. The van der Waals surface area contributed by atoms with Crippen LogP contribution in [0.15, 0.2) is 54.6 Å². The quantitative estimate of drug-likeness (QED) is 0.325. The third-order valence-corrected chi connectivity index (χ3v) is 5.35. The van der Waals surface area contributed by atoms with Gasteiger partial charge in [0.25, 0.3) is 0 Å². The molecule has 5 nitrogen and oxygen atoms in total. The van der Waals surface area contributed by atoms with Crippen molar-refractivity contribution < 1.29 is 23.4 Å². The van der Waals surface area contributed by atoms with Gasteiger partial charge in [-0.15, -0.1) is 0 Å². The van der Waals surface area contributed by atoms with Crippen molar-refractivity contribution in [3.63, 3.8) is 0 Å². The molecule has 0 aliphatic heterocycles. The molecule has 0 saturated heterocycles. The number of alkyl halides is 3. The number of nitrogens with zero attached hydrogens (tertiary/aromatic N) is 3. The van der Waals surface area contributed by atoms with E-state index in [-0.39, 0.29) is 45.7 Å². The molecule has 168 valence electrons. The fourth-order valence-electron chi connectivity index (χ4n) is 3.21. The Morgan fingerprint density at radius 3 is 1.82 bits per heavy atom. The van der Waals surface area contributed by atoms with Crippen molar-refractivity contribution in [3.8, 4) is 45.7 Å². The van der Waals surface area contributed by atoms with Gasteiger partial charge in [0.1, 0.15) is 11.5 Å². The van der Waals surface area contributed by atoms with Crippen LogP contribution in [0, 0.1) is 6.92 Å². The first-order chi connectivity index (χ1) is 15.5. The zero-order valence-electron chi connectivity index (χ0n) is 16.8. The Labute approximate surface area is 196 Å². The Hall–Kier alpha value is -3.36. The Bertz CT molecular complexity index is 1350. The molecular weight excluding hydrogens is 478 g/mol. The van der Waals surface area contributed by atoms with Crippen molar-refractivity contribution in [1.82, 2.24) is 15.0 Å². The summed E-state index contributed by atoms with van der Waals surface area (Å²) >= 11 is 11.8. The van der Waals surface area contributed by atoms with Crippen molar-refractivity contribution in [2.24, 2.45) is 0 Å².